The summed E-state index contributed by atoms with van der Waals surface area (Å²) in [5.74, 6) is 0. The molecule has 1 fully saturated rings. The van der Waals surface area contributed by atoms with Gasteiger partial charge in [0.1, 0.15) is 5.52 Å². The van der Waals surface area contributed by atoms with Crippen LogP contribution in [-0.4, -0.2) is 27.6 Å². The highest BCUT2D eigenvalue weighted by molar-refractivity contribution is 5.73. The minimum atomic E-state index is 0.659. The maximum atomic E-state index is 4.22. The minimum absolute atomic E-state index is 0.659. The topological polar surface area (TPSA) is 42.7 Å². The zero-order chi connectivity index (χ0) is 11.5. The number of piperidine rings is 1. The van der Waals surface area contributed by atoms with E-state index in [0.717, 1.165) is 24.0 Å². The van der Waals surface area contributed by atoms with Gasteiger partial charge in [0.25, 0.3) is 0 Å². The van der Waals surface area contributed by atoms with Gasteiger partial charge in [0, 0.05) is 12.6 Å². The van der Waals surface area contributed by atoms with Gasteiger partial charge in [0.05, 0.1) is 5.52 Å². The van der Waals surface area contributed by atoms with Crippen molar-refractivity contribution < 1.29 is 0 Å². The monoisotopic (exact) mass is 230 g/mol. The smallest absolute Gasteiger partial charge is 0.113 e. The number of para-hydroxylation sites is 1. The van der Waals surface area contributed by atoms with E-state index in [0.29, 0.717) is 6.04 Å². The molecule has 90 valence electrons. The lowest BCUT2D eigenvalue weighted by Gasteiger charge is -2.23. The van der Waals surface area contributed by atoms with Gasteiger partial charge in [-0.15, -0.1) is 5.10 Å². The van der Waals surface area contributed by atoms with Crippen LogP contribution in [0, 0.1) is 0 Å². The number of nitrogens with one attached hydrogen (secondary N) is 1. The third-order valence-electron chi connectivity index (χ3n) is 3.52. The van der Waals surface area contributed by atoms with Gasteiger partial charge in [-0.3, -0.25) is 0 Å². The number of benzene rings is 1. The fourth-order valence-corrected chi connectivity index (χ4v) is 2.53. The van der Waals surface area contributed by atoms with Crippen LogP contribution in [0.2, 0.25) is 0 Å². The first kappa shape index (κ1) is 10.7. The number of aromatic nitrogens is 3. The van der Waals surface area contributed by atoms with Gasteiger partial charge >= 0.3 is 0 Å². The van der Waals surface area contributed by atoms with Gasteiger partial charge in [-0.25, -0.2) is 4.68 Å². The van der Waals surface area contributed by atoms with Gasteiger partial charge in [-0.05, 0) is 37.9 Å². The van der Waals surface area contributed by atoms with Crippen LogP contribution in [0.25, 0.3) is 11.0 Å². The second kappa shape index (κ2) is 4.84. The Hall–Kier alpha value is -1.42. The van der Waals surface area contributed by atoms with E-state index in [9.17, 15) is 0 Å². The third-order valence-corrected chi connectivity index (χ3v) is 3.52. The molecule has 2 heterocycles. The molecule has 3 rings (SSSR count). The van der Waals surface area contributed by atoms with E-state index in [4.69, 9.17) is 0 Å². The number of hydrogen-bond acceptors (Lipinski definition) is 3. The highest BCUT2D eigenvalue weighted by Crippen LogP contribution is 2.14. The van der Waals surface area contributed by atoms with Crippen molar-refractivity contribution in [1.29, 1.82) is 0 Å². The maximum Gasteiger partial charge on any atom is 0.113 e. The van der Waals surface area contributed by atoms with Gasteiger partial charge in [0.15, 0.2) is 0 Å². The van der Waals surface area contributed by atoms with Crippen LogP contribution in [0.15, 0.2) is 24.3 Å². The van der Waals surface area contributed by atoms with Gasteiger partial charge in [0.2, 0.25) is 0 Å². The van der Waals surface area contributed by atoms with Crippen LogP contribution < -0.4 is 5.32 Å². The summed E-state index contributed by atoms with van der Waals surface area (Å²) in [6.07, 6.45) is 5.12. The molecule has 0 saturated carbocycles. The summed E-state index contributed by atoms with van der Waals surface area (Å²) in [4.78, 5) is 0. The Bertz CT molecular complexity index is 485. The van der Waals surface area contributed by atoms with E-state index in [1.807, 2.05) is 22.9 Å². The quantitative estimate of drug-likeness (QED) is 0.876. The minimum Gasteiger partial charge on any atom is -0.314 e. The fourth-order valence-electron chi connectivity index (χ4n) is 2.53. The molecule has 17 heavy (non-hydrogen) atoms. The summed E-state index contributed by atoms with van der Waals surface area (Å²) in [6.45, 7) is 2.13. The van der Waals surface area contributed by atoms with Crippen molar-refractivity contribution in [2.24, 2.45) is 0 Å². The van der Waals surface area contributed by atoms with Crippen LogP contribution >= 0.6 is 0 Å². The van der Waals surface area contributed by atoms with Crippen molar-refractivity contribution in [2.45, 2.75) is 38.3 Å². The highest BCUT2D eigenvalue weighted by Gasteiger charge is 2.13. The second-order valence-electron chi connectivity index (χ2n) is 4.74. The first-order chi connectivity index (χ1) is 8.43. The summed E-state index contributed by atoms with van der Waals surface area (Å²) in [7, 11) is 0. The van der Waals surface area contributed by atoms with E-state index in [2.05, 4.69) is 21.7 Å². The SMILES string of the molecule is c1ccc2c(c1)nnn2CCC1CCCCN1. The van der Waals surface area contributed by atoms with Crippen molar-refractivity contribution in [1.82, 2.24) is 20.3 Å². The molecule has 1 atom stereocenters. The Morgan fingerprint density at radius 3 is 3.12 bits per heavy atom. The molecule has 1 aliphatic heterocycles. The zero-order valence-electron chi connectivity index (χ0n) is 9.97. The van der Waals surface area contributed by atoms with Gasteiger partial charge < -0.3 is 5.32 Å². The fraction of sp³-hybridized carbons (Fsp3) is 0.538. The Kier molecular flexibility index (Phi) is 3.05. The number of hydrogen-bond donors (Lipinski definition) is 1. The lowest BCUT2D eigenvalue weighted by atomic mass is 10.0. The molecule has 4 heteroatoms. The van der Waals surface area contributed by atoms with Gasteiger partial charge in [-0.2, -0.15) is 0 Å². The lowest BCUT2D eigenvalue weighted by Crippen LogP contribution is -2.34. The Labute approximate surface area is 101 Å². The van der Waals surface area contributed by atoms with Gasteiger partial charge in [-0.1, -0.05) is 23.8 Å². The molecule has 0 amide bonds. The second-order valence-corrected chi connectivity index (χ2v) is 4.74. The lowest BCUT2D eigenvalue weighted by molar-refractivity contribution is 0.361. The Morgan fingerprint density at radius 1 is 1.29 bits per heavy atom. The van der Waals surface area contributed by atoms with Crippen molar-refractivity contribution in [3.63, 3.8) is 0 Å². The number of fused-ring (bicyclic) bond motifs is 1. The number of aryl methyl sites for hydroxylation is 1. The number of nitrogens with zero attached hydrogens (tertiary/aromatic N) is 3. The van der Waals surface area contributed by atoms with Crippen molar-refractivity contribution in [3.05, 3.63) is 24.3 Å². The average Bonchev–Trinajstić information content (AvgIpc) is 2.81. The first-order valence-corrected chi connectivity index (χ1v) is 6.45. The first-order valence-electron chi connectivity index (χ1n) is 6.45. The maximum absolute atomic E-state index is 4.22. The molecule has 2 aromatic rings. The van der Waals surface area contributed by atoms with Crippen LogP contribution in [-0.2, 0) is 6.54 Å². The third kappa shape index (κ3) is 2.31. The molecule has 4 nitrogen and oxygen atoms in total. The average molecular weight is 230 g/mol. The summed E-state index contributed by atoms with van der Waals surface area (Å²) < 4.78 is 2.02. The van der Waals surface area contributed by atoms with Crippen molar-refractivity contribution in [3.8, 4) is 0 Å². The predicted molar refractivity (Wildman–Crippen MR) is 67.8 cm³/mol. The van der Waals surface area contributed by atoms with Crippen LogP contribution in [0.3, 0.4) is 0 Å². The highest BCUT2D eigenvalue weighted by atomic mass is 15.4. The molecular formula is C13H18N4. The molecule has 1 aromatic carbocycles. The van der Waals surface area contributed by atoms with Crippen molar-refractivity contribution in [2.75, 3.05) is 6.54 Å². The van der Waals surface area contributed by atoms with Crippen LogP contribution in [0.1, 0.15) is 25.7 Å². The van der Waals surface area contributed by atoms with E-state index in [1.165, 1.54) is 25.8 Å². The van der Waals surface area contributed by atoms with E-state index in [-0.39, 0.29) is 0 Å². The Balaban J connectivity index is 1.68. The molecule has 1 unspecified atom stereocenters. The summed E-state index contributed by atoms with van der Waals surface area (Å²) in [5, 5.41) is 12.0. The molecule has 1 saturated heterocycles. The molecule has 1 N–H and O–H groups in total. The Morgan fingerprint density at radius 2 is 2.24 bits per heavy atom. The molecule has 1 aromatic heterocycles. The molecule has 1 aliphatic rings. The van der Waals surface area contributed by atoms with E-state index >= 15 is 0 Å². The summed E-state index contributed by atoms with van der Waals surface area (Å²) in [6, 6.07) is 8.80. The van der Waals surface area contributed by atoms with Crippen LogP contribution in [0.4, 0.5) is 0 Å². The summed E-state index contributed by atoms with van der Waals surface area (Å²) in [5.41, 5.74) is 2.13. The molecule has 0 bridgehead atoms. The van der Waals surface area contributed by atoms with Crippen LogP contribution in [0.5, 0.6) is 0 Å². The molecule has 0 aliphatic carbocycles. The number of rotatable bonds is 3. The molecule has 0 radical (unpaired) electrons. The predicted octanol–water partition coefficient (Wildman–Crippen LogP) is 1.96. The van der Waals surface area contributed by atoms with E-state index < -0.39 is 0 Å². The molecular weight excluding hydrogens is 212 g/mol. The zero-order valence-corrected chi connectivity index (χ0v) is 9.97. The van der Waals surface area contributed by atoms with E-state index in [1.54, 1.807) is 0 Å². The summed E-state index contributed by atoms with van der Waals surface area (Å²) >= 11 is 0. The van der Waals surface area contributed by atoms with Crippen molar-refractivity contribution >= 4 is 11.0 Å². The largest absolute Gasteiger partial charge is 0.314 e. The standard InChI is InChI=1S/C13H18N4/c1-2-7-13-12(6-1)15-16-17(13)10-8-11-5-3-4-9-14-11/h1-2,6-7,11,14H,3-5,8-10H2. The normalized spacial score (nSPS) is 20.8. The molecule has 0 spiro atoms.